The van der Waals surface area contributed by atoms with Gasteiger partial charge in [-0.15, -0.1) is 0 Å². The molecule has 0 aliphatic carbocycles. The Hall–Kier alpha value is -0.700. The summed E-state index contributed by atoms with van der Waals surface area (Å²) in [6.07, 6.45) is 1.91. The highest BCUT2D eigenvalue weighted by atomic mass is 32.2. The minimum Gasteiger partial charge on any atom is -0.480 e. The van der Waals surface area contributed by atoms with Crippen LogP contribution >= 0.6 is 0 Å². The topological polar surface area (TPSA) is 81.2 Å². The van der Waals surface area contributed by atoms with Crippen molar-refractivity contribution in [2.24, 2.45) is 0 Å². The number of carbonyl (C=O) groups is 1. The van der Waals surface area contributed by atoms with E-state index in [0.717, 1.165) is 19.4 Å². The van der Waals surface area contributed by atoms with Crippen molar-refractivity contribution < 1.29 is 18.3 Å². The summed E-state index contributed by atoms with van der Waals surface area (Å²) in [5.74, 6) is -1.04. The maximum atomic E-state index is 12.6. The van der Waals surface area contributed by atoms with Gasteiger partial charge in [0.25, 0.3) is 10.2 Å². The third kappa shape index (κ3) is 3.13. The number of piperidine rings is 1. The second-order valence-electron chi connectivity index (χ2n) is 5.30. The first-order valence-electron chi connectivity index (χ1n) is 7.19. The zero-order valence-corrected chi connectivity index (χ0v) is 12.7. The van der Waals surface area contributed by atoms with Crippen LogP contribution in [0.4, 0.5) is 0 Å². The van der Waals surface area contributed by atoms with Gasteiger partial charge in [-0.25, -0.2) is 0 Å². The van der Waals surface area contributed by atoms with Gasteiger partial charge in [0, 0.05) is 32.7 Å². The molecule has 20 heavy (non-hydrogen) atoms. The zero-order valence-electron chi connectivity index (χ0n) is 11.9. The zero-order chi connectivity index (χ0) is 14.8. The lowest BCUT2D eigenvalue weighted by Crippen LogP contribution is -2.57. The summed E-state index contributed by atoms with van der Waals surface area (Å²) in [4.78, 5) is 13.5. The third-order valence-electron chi connectivity index (χ3n) is 4.14. The highest BCUT2D eigenvalue weighted by molar-refractivity contribution is 7.86. The van der Waals surface area contributed by atoms with Crippen molar-refractivity contribution in [3.8, 4) is 0 Å². The predicted octanol–water partition coefficient (Wildman–Crippen LogP) is -0.192. The molecule has 0 bridgehead atoms. The third-order valence-corrected chi connectivity index (χ3v) is 6.19. The van der Waals surface area contributed by atoms with Crippen molar-refractivity contribution in [1.82, 2.24) is 13.5 Å². The molecule has 2 fully saturated rings. The van der Waals surface area contributed by atoms with Gasteiger partial charge in [-0.1, -0.05) is 6.92 Å². The lowest BCUT2D eigenvalue weighted by molar-refractivity contribution is -0.142. The molecule has 2 saturated heterocycles. The number of rotatable bonds is 4. The van der Waals surface area contributed by atoms with E-state index in [4.69, 9.17) is 0 Å². The van der Waals surface area contributed by atoms with Gasteiger partial charge in [0.15, 0.2) is 0 Å². The maximum absolute atomic E-state index is 12.6. The Balaban J connectivity index is 2.10. The summed E-state index contributed by atoms with van der Waals surface area (Å²) in [6, 6.07) is -0.905. The average Bonchev–Trinajstić information content (AvgIpc) is 2.47. The van der Waals surface area contributed by atoms with Gasteiger partial charge in [0.05, 0.1) is 0 Å². The van der Waals surface area contributed by atoms with Crippen molar-refractivity contribution in [3.63, 3.8) is 0 Å². The monoisotopic (exact) mass is 305 g/mol. The minimum absolute atomic E-state index is 0.313. The van der Waals surface area contributed by atoms with Crippen LogP contribution in [0.15, 0.2) is 0 Å². The lowest BCUT2D eigenvalue weighted by Gasteiger charge is -2.39. The van der Waals surface area contributed by atoms with E-state index < -0.39 is 22.2 Å². The molecule has 0 aromatic carbocycles. The van der Waals surface area contributed by atoms with Crippen LogP contribution in [0.25, 0.3) is 0 Å². The molecule has 8 heteroatoms. The summed E-state index contributed by atoms with van der Waals surface area (Å²) in [5, 5.41) is 9.22. The molecule has 116 valence electrons. The molecular weight excluding hydrogens is 282 g/mol. The second kappa shape index (κ2) is 6.38. The van der Waals surface area contributed by atoms with Crippen molar-refractivity contribution in [2.75, 3.05) is 39.3 Å². The number of nitrogens with zero attached hydrogens (tertiary/aromatic N) is 3. The minimum atomic E-state index is -3.65. The largest absolute Gasteiger partial charge is 0.480 e. The molecule has 0 spiro atoms. The van der Waals surface area contributed by atoms with Gasteiger partial charge in [0.2, 0.25) is 0 Å². The normalized spacial score (nSPS) is 27.6. The van der Waals surface area contributed by atoms with E-state index in [1.165, 1.54) is 8.61 Å². The summed E-state index contributed by atoms with van der Waals surface area (Å²) in [6.45, 7) is 5.58. The van der Waals surface area contributed by atoms with Crippen LogP contribution in [0.2, 0.25) is 0 Å². The highest BCUT2D eigenvalue weighted by Gasteiger charge is 2.40. The summed E-state index contributed by atoms with van der Waals surface area (Å²) in [7, 11) is -3.65. The number of hydrogen-bond acceptors (Lipinski definition) is 4. The second-order valence-corrected chi connectivity index (χ2v) is 7.18. The van der Waals surface area contributed by atoms with Gasteiger partial charge >= 0.3 is 5.97 Å². The molecular formula is C12H23N3O4S. The smallest absolute Gasteiger partial charge is 0.322 e. The van der Waals surface area contributed by atoms with Crippen LogP contribution in [0, 0.1) is 0 Å². The molecule has 0 aromatic heterocycles. The molecule has 0 radical (unpaired) electrons. The maximum Gasteiger partial charge on any atom is 0.322 e. The van der Waals surface area contributed by atoms with Crippen LogP contribution < -0.4 is 0 Å². The predicted molar refractivity (Wildman–Crippen MR) is 74.6 cm³/mol. The van der Waals surface area contributed by atoms with Crippen LogP contribution in [-0.4, -0.2) is 78.3 Å². The fourth-order valence-corrected chi connectivity index (χ4v) is 4.65. The van der Waals surface area contributed by atoms with E-state index in [2.05, 4.69) is 11.8 Å². The standard InChI is InChI=1S/C12H23N3O4S/c1-2-13-7-9-14(10-8-13)20(18,19)15-6-4-3-5-11(15)12(16)17/h11H,2-10H2,1H3,(H,16,17). The first kappa shape index (κ1) is 15.7. The number of carboxylic acid groups (broad SMARTS) is 1. The van der Waals surface area contributed by atoms with E-state index >= 15 is 0 Å². The van der Waals surface area contributed by atoms with Gasteiger partial charge in [-0.2, -0.15) is 17.0 Å². The van der Waals surface area contributed by atoms with E-state index in [9.17, 15) is 18.3 Å². The van der Waals surface area contributed by atoms with E-state index in [0.29, 0.717) is 39.1 Å². The molecule has 1 atom stereocenters. The molecule has 7 nitrogen and oxygen atoms in total. The first-order chi connectivity index (χ1) is 9.46. The van der Waals surface area contributed by atoms with Gasteiger partial charge in [-0.3, -0.25) is 4.79 Å². The van der Waals surface area contributed by atoms with Gasteiger partial charge in [0.1, 0.15) is 6.04 Å². The molecule has 0 aromatic rings. The first-order valence-corrected chi connectivity index (χ1v) is 8.58. The van der Waals surface area contributed by atoms with Crippen LogP contribution in [0.5, 0.6) is 0 Å². The Morgan fingerprint density at radius 2 is 1.80 bits per heavy atom. The number of likely N-dealkylation sites (N-methyl/N-ethyl adjacent to an activating group) is 1. The molecule has 1 N–H and O–H groups in total. The fraction of sp³-hybridized carbons (Fsp3) is 0.917. The molecule has 0 amide bonds. The number of piperazine rings is 1. The van der Waals surface area contributed by atoms with Crippen molar-refractivity contribution >= 4 is 16.2 Å². The van der Waals surface area contributed by atoms with Crippen molar-refractivity contribution in [2.45, 2.75) is 32.2 Å². The van der Waals surface area contributed by atoms with E-state index in [1.54, 1.807) is 0 Å². The quantitative estimate of drug-likeness (QED) is 0.778. The molecule has 0 saturated carbocycles. The Labute approximate surface area is 120 Å². The number of aliphatic carboxylic acids is 1. The highest BCUT2D eigenvalue weighted by Crippen LogP contribution is 2.23. The van der Waals surface area contributed by atoms with Crippen LogP contribution in [0.1, 0.15) is 26.2 Å². The molecule has 2 rings (SSSR count). The van der Waals surface area contributed by atoms with Crippen LogP contribution in [-0.2, 0) is 15.0 Å². The van der Waals surface area contributed by atoms with Crippen LogP contribution in [0.3, 0.4) is 0 Å². The Morgan fingerprint density at radius 3 is 2.35 bits per heavy atom. The Kier molecular flexibility index (Phi) is 5.00. The van der Waals surface area contributed by atoms with E-state index in [-0.39, 0.29) is 0 Å². The number of hydrogen-bond donors (Lipinski definition) is 1. The molecule has 1 unspecified atom stereocenters. The van der Waals surface area contributed by atoms with Crippen molar-refractivity contribution in [3.05, 3.63) is 0 Å². The average molecular weight is 305 g/mol. The summed E-state index contributed by atoms with van der Waals surface area (Å²) >= 11 is 0. The molecule has 2 heterocycles. The number of carboxylic acids is 1. The SMILES string of the molecule is CCN1CCN(S(=O)(=O)N2CCCCC2C(=O)O)CC1. The fourth-order valence-electron chi connectivity index (χ4n) is 2.85. The summed E-state index contributed by atoms with van der Waals surface area (Å²) < 4.78 is 27.9. The Bertz CT molecular complexity index is 446. The molecule has 2 aliphatic heterocycles. The summed E-state index contributed by atoms with van der Waals surface area (Å²) in [5.41, 5.74) is 0. The van der Waals surface area contributed by atoms with Gasteiger partial charge < -0.3 is 10.0 Å². The Morgan fingerprint density at radius 1 is 1.15 bits per heavy atom. The van der Waals surface area contributed by atoms with E-state index in [1.807, 2.05) is 0 Å². The van der Waals surface area contributed by atoms with Gasteiger partial charge in [-0.05, 0) is 25.8 Å². The lowest BCUT2D eigenvalue weighted by atomic mass is 10.1. The molecule has 2 aliphatic rings. The van der Waals surface area contributed by atoms with Crippen molar-refractivity contribution in [1.29, 1.82) is 0 Å².